The van der Waals surface area contributed by atoms with Gasteiger partial charge in [-0.05, 0) is 13.3 Å². The van der Waals surface area contributed by atoms with E-state index < -0.39 is 12.1 Å². The van der Waals surface area contributed by atoms with Crippen LogP contribution in [-0.4, -0.2) is 6.18 Å². The molecule has 0 aromatic rings. The SMILES string of the molecule is C=C(C)/C=C\CC(C)C(F)(F)F. The third-order valence-corrected chi connectivity index (χ3v) is 1.45. The number of halogens is 3. The van der Waals surface area contributed by atoms with Crippen LogP contribution < -0.4 is 0 Å². The molecule has 0 aliphatic carbocycles. The maximum atomic E-state index is 11.9. The second kappa shape index (κ2) is 4.33. The molecule has 0 aromatic carbocycles. The highest BCUT2D eigenvalue weighted by atomic mass is 19.4. The van der Waals surface area contributed by atoms with Crippen LogP contribution in [0.25, 0.3) is 0 Å². The molecule has 0 N–H and O–H groups in total. The van der Waals surface area contributed by atoms with Crippen LogP contribution in [0.5, 0.6) is 0 Å². The van der Waals surface area contributed by atoms with Crippen LogP contribution in [-0.2, 0) is 0 Å². The maximum Gasteiger partial charge on any atom is 0.391 e. The normalized spacial score (nSPS) is 15.1. The Labute approximate surface area is 70.8 Å². The molecule has 1 unspecified atom stereocenters. The van der Waals surface area contributed by atoms with Gasteiger partial charge in [-0.25, -0.2) is 0 Å². The summed E-state index contributed by atoms with van der Waals surface area (Å²) in [4.78, 5) is 0. The average Bonchev–Trinajstić information content (AvgIpc) is 1.84. The van der Waals surface area contributed by atoms with Crippen molar-refractivity contribution in [3.63, 3.8) is 0 Å². The van der Waals surface area contributed by atoms with E-state index in [9.17, 15) is 13.2 Å². The Hall–Kier alpha value is -0.730. The lowest BCUT2D eigenvalue weighted by Crippen LogP contribution is -2.18. The van der Waals surface area contributed by atoms with Crippen LogP contribution in [0.1, 0.15) is 20.3 Å². The Kier molecular flexibility index (Phi) is 4.07. The van der Waals surface area contributed by atoms with Gasteiger partial charge < -0.3 is 0 Å². The van der Waals surface area contributed by atoms with Gasteiger partial charge in [0.1, 0.15) is 0 Å². The van der Waals surface area contributed by atoms with E-state index in [-0.39, 0.29) is 6.42 Å². The molecule has 12 heavy (non-hydrogen) atoms. The van der Waals surface area contributed by atoms with E-state index in [1.807, 2.05) is 0 Å². The standard InChI is InChI=1S/C9H13F3/c1-7(2)5-4-6-8(3)9(10,11)12/h4-5,8H,1,6H2,2-3H3/b5-4-. The van der Waals surface area contributed by atoms with Crippen molar-refractivity contribution < 1.29 is 13.2 Å². The summed E-state index contributed by atoms with van der Waals surface area (Å²) >= 11 is 0. The molecule has 1 atom stereocenters. The van der Waals surface area contributed by atoms with Gasteiger partial charge in [-0.2, -0.15) is 13.2 Å². The predicted molar refractivity (Wildman–Crippen MR) is 43.8 cm³/mol. The first-order chi connectivity index (χ1) is 5.34. The van der Waals surface area contributed by atoms with Crippen molar-refractivity contribution in [2.45, 2.75) is 26.4 Å². The van der Waals surface area contributed by atoms with Crippen LogP contribution in [0.15, 0.2) is 24.3 Å². The monoisotopic (exact) mass is 178 g/mol. The van der Waals surface area contributed by atoms with Crippen LogP contribution in [0.3, 0.4) is 0 Å². The van der Waals surface area contributed by atoms with E-state index in [2.05, 4.69) is 6.58 Å². The molecule has 0 saturated carbocycles. The van der Waals surface area contributed by atoms with Crippen molar-refractivity contribution in [2.75, 3.05) is 0 Å². The van der Waals surface area contributed by atoms with Crippen molar-refractivity contribution in [1.82, 2.24) is 0 Å². The lowest BCUT2D eigenvalue weighted by atomic mass is 10.1. The van der Waals surface area contributed by atoms with Gasteiger partial charge >= 0.3 is 6.18 Å². The van der Waals surface area contributed by atoms with Crippen LogP contribution >= 0.6 is 0 Å². The maximum absolute atomic E-state index is 11.9. The Morgan fingerprint density at radius 2 is 2.00 bits per heavy atom. The summed E-state index contributed by atoms with van der Waals surface area (Å²) in [6.45, 7) is 6.46. The van der Waals surface area contributed by atoms with Crippen molar-refractivity contribution in [3.8, 4) is 0 Å². The lowest BCUT2D eigenvalue weighted by molar-refractivity contribution is -0.168. The minimum absolute atomic E-state index is 0.0242. The number of rotatable bonds is 3. The van der Waals surface area contributed by atoms with Crippen molar-refractivity contribution >= 4 is 0 Å². The number of alkyl halides is 3. The van der Waals surface area contributed by atoms with Gasteiger partial charge in [-0.3, -0.25) is 0 Å². The molecule has 0 spiro atoms. The second-order valence-electron chi connectivity index (χ2n) is 2.93. The molecule has 0 aromatic heterocycles. The predicted octanol–water partition coefficient (Wildman–Crippen LogP) is 3.71. The zero-order valence-electron chi connectivity index (χ0n) is 7.28. The highest BCUT2D eigenvalue weighted by Crippen LogP contribution is 2.28. The number of allylic oxidation sites excluding steroid dienone is 3. The van der Waals surface area contributed by atoms with Gasteiger partial charge in [0.15, 0.2) is 0 Å². The summed E-state index contributed by atoms with van der Waals surface area (Å²) in [5.74, 6) is -1.27. The molecule has 0 amide bonds. The highest BCUT2D eigenvalue weighted by Gasteiger charge is 2.34. The van der Waals surface area contributed by atoms with Crippen molar-refractivity contribution in [3.05, 3.63) is 24.3 Å². The fraction of sp³-hybridized carbons (Fsp3) is 0.556. The molecule has 0 fully saturated rings. The Morgan fingerprint density at radius 3 is 2.33 bits per heavy atom. The molecule has 0 saturated heterocycles. The van der Waals surface area contributed by atoms with E-state index in [1.54, 1.807) is 13.0 Å². The summed E-state index contributed by atoms with van der Waals surface area (Å²) in [5, 5.41) is 0. The third-order valence-electron chi connectivity index (χ3n) is 1.45. The molecule has 0 rings (SSSR count). The molecule has 0 bridgehead atoms. The second-order valence-corrected chi connectivity index (χ2v) is 2.93. The zero-order valence-corrected chi connectivity index (χ0v) is 7.28. The van der Waals surface area contributed by atoms with Crippen LogP contribution in [0.2, 0.25) is 0 Å². The minimum Gasteiger partial charge on any atom is -0.171 e. The summed E-state index contributed by atoms with van der Waals surface area (Å²) in [5.41, 5.74) is 0.768. The topological polar surface area (TPSA) is 0 Å². The first-order valence-corrected chi connectivity index (χ1v) is 3.73. The molecular formula is C9H13F3. The molecule has 0 nitrogen and oxygen atoms in total. The molecule has 0 heterocycles. The Bertz CT molecular complexity index is 177. The largest absolute Gasteiger partial charge is 0.391 e. The van der Waals surface area contributed by atoms with E-state index in [0.717, 1.165) is 5.57 Å². The number of hydrogen-bond donors (Lipinski definition) is 0. The molecule has 3 heteroatoms. The fourth-order valence-corrected chi connectivity index (χ4v) is 0.607. The highest BCUT2D eigenvalue weighted by molar-refractivity contribution is 5.10. The summed E-state index contributed by atoms with van der Waals surface area (Å²) < 4.78 is 35.8. The first-order valence-electron chi connectivity index (χ1n) is 3.73. The van der Waals surface area contributed by atoms with Crippen LogP contribution in [0.4, 0.5) is 13.2 Å². The van der Waals surface area contributed by atoms with Gasteiger partial charge in [0.05, 0.1) is 5.92 Å². The third kappa shape index (κ3) is 4.99. The smallest absolute Gasteiger partial charge is 0.171 e. The summed E-state index contributed by atoms with van der Waals surface area (Å²) in [6, 6.07) is 0. The molecule has 0 aliphatic heterocycles. The average molecular weight is 178 g/mol. The van der Waals surface area contributed by atoms with E-state index in [1.165, 1.54) is 13.0 Å². The van der Waals surface area contributed by atoms with Gasteiger partial charge in [-0.1, -0.05) is 31.2 Å². The zero-order chi connectivity index (χ0) is 9.78. The summed E-state index contributed by atoms with van der Waals surface area (Å²) in [7, 11) is 0. The molecule has 0 radical (unpaired) electrons. The molecule has 70 valence electrons. The van der Waals surface area contributed by atoms with Gasteiger partial charge in [-0.15, -0.1) is 0 Å². The fourth-order valence-electron chi connectivity index (χ4n) is 0.607. The number of hydrogen-bond acceptors (Lipinski definition) is 0. The van der Waals surface area contributed by atoms with Crippen molar-refractivity contribution in [2.24, 2.45) is 5.92 Å². The van der Waals surface area contributed by atoms with Gasteiger partial charge in [0.2, 0.25) is 0 Å². The van der Waals surface area contributed by atoms with Gasteiger partial charge in [0, 0.05) is 0 Å². The van der Waals surface area contributed by atoms with E-state index in [0.29, 0.717) is 0 Å². The van der Waals surface area contributed by atoms with Gasteiger partial charge in [0.25, 0.3) is 0 Å². The first kappa shape index (κ1) is 11.3. The van der Waals surface area contributed by atoms with Crippen LogP contribution in [0, 0.1) is 5.92 Å². The Balaban J connectivity index is 3.87. The quantitative estimate of drug-likeness (QED) is 0.578. The van der Waals surface area contributed by atoms with E-state index in [4.69, 9.17) is 0 Å². The summed E-state index contributed by atoms with van der Waals surface area (Å²) in [6.07, 6.45) is -0.960. The molecule has 0 aliphatic rings. The van der Waals surface area contributed by atoms with E-state index >= 15 is 0 Å². The molecular weight excluding hydrogens is 165 g/mol. The lowest BCUT2D eigenvalue weighted by Gasteiger charge is -2.12. The Morgan fingerprint density at radius 1 is 1.50 bits per heavy atom. The van der Waals surface area contributed by atoms with Crippen molar-refractivity contribution in [1.29, 1.82) is 0 Å². The minimum atomic E-state index is -4.08.